The number of nitrogens with two attached hydrogens (primary N) is 1. The Balaban J connectivity index is 1.67. The number of ketones is 1. The molecule has 0 spiro atoms. The molecule has 0 amide bonds. The summed E-state index contributed by atoms with van der Waals surface area (Å²) in [5, 5.41) is 8.91. The Morgan fingerprint density at radius 1 is 1.13 bits per heavy atom. The fraction of sp³-hybridized carbons (Fsp3) is 0.263. The van der Waals surface area contributed by atoms with Crippen LogP contribution in [0, 0.1) is 17.2 Å². The molecule has 0 radical (unpaired) electrons. The lowest BCUT2D eigenvalue weighted by Crippen LogP contribution is -2.36. The molecular formula is C19H19N3O. The van der Waals surface area contributed by atoms with Gasteiger partial charge in [0, 0.05) is 24.6 Å². The monoisotopic (exact) mass is 305 g/mol. The second-order valence-electron chi connectivity index (χ2n) is 5.88. The van der Waals surface area contributed by atoms with Gasteiger partial charge in [0.25, 0.3) is 0 Å². The van der Waals surface area contributed by atoms with Crippen LogP contribution in [0.4, 0.5) is 11.4 Å². The van der Waals surface area contributed by atoms with Crippen LogP contribution in [0.25, 0.3) is 0 Å². The van der Waals surface area contributed by atoms with E-state index in [-0.39, 0.29) is 11.7 Å². The molecule has 0 unspecified atom stereocenters. The molecule has 0 atom stereocenters. The first-order valence-electron chi connectivity index (χ1n) is 7.83. The number of hydrogen-bond acceptors (Lipinski definition) is 4. The molecule has 23 heavy (non-hydrogen) atoms. The largest absolute Gasteiger partial charge is 0.397 e. The summed E-state index contributed by atoms with van der Waals surface area (Å²) in [5.41, 5.74) is 8.99. The molecular weight excluding hydrogens is 286 g/mol. The number of Topliss-reactive ketones (excluding diaryl/α,β-unsaturated/α-hetero) is 1. The molecule has 2 aromatic carbocycles. The molecule has 0 bridgehead atoms. The number of hydrogen-bond donors (Lipinski definition) is 1. The number of carbonyl (C=O) groups excluding carboxylic acids is 1. The number of piperidine rings is 1. The predicted octanol–water partition coefficient (Wildman–Crippen LogP) is 3.24. The van der Waals surface area contributed by atoms with Crippen LogP contribution in [0.3, 0.4) is 0 Å². The van der Waals surface area contributed by atoms with E-state index in [9.17, 15) is 4.79 Å². The van der Waals surface area contributed by atoms with Gasteiger partial charge in [0.15, 0.2) is 5.78 Å². The van der Waals surface area contributed by atoms with Gasteiger partial charge in [-0.15, -0.1) is 0 Å². The molecule has 1 fully saturated rings. The van der Waals surface area contributed by atoms with Crippen molar-refractivity contribution in [2.24, 2.45) is 5.92 Å². The molecule has 4 heteroatoms. The Hall–Kier alpha value is -2.80. The summed E-state index contributed by atoms with van der Waals surface area (Å²) >= 11 is 0. The van der Waals surface area contributed by atoms with E-state index < -0.39 is 0 Å². The van der Waals surface area contributed by atoms with Crippen LogP contribution in [-0.4, -0.2) is 18.9 Å². The number of benzene rings is 2. The smallest absolute Gasteiger partial charge is 0.166 e. The molecule has 116 valence electrons. The van der Waals surface area contributed by atoms with E-state index in [2.05, 4.69) is 11.0 Å². The van der Waals surface area contributed by atoms with E-state index in [1.807, 2.05) is 36.4 Å². The third-order valence-electron chi connectivity index (χ3n) is 4.42. The number of anilines is 2. The highest BCUT2D eigenvalue weighted by Gasteiger charge is 2.26. The van der Waals surface area contributed by atoms with Crippen LogP contribution in [0.1, 0.15) is 28.8 Å². The number of carbonyl (C=O) groups is 1. The van der Waals surface area contributed by atoms with Gasteiger partial charge in [-0.2, -0.15) is 5.26 Å². The maximum Gasteiger partial charge on any atom is 0.166 e. The van der Waals surface area contributed by atoms with Crippen LogP contribution in [0.2, 0.25) is 0 Å². The molecule has 0 aliphatic carbocycles. The fourth-order valence-electron chi connectivity index (χ4n) is 3.13. The Bertz CT molecular complexity index is 741. The Morgan fingerprint density at radius 3 is 2.43 bits per heavy atom. The predicted molar refractivity (Wildman–Crippen MR) is 91.3 cm³/mol. The molecule has 3 rings (SSSR count). The first-order valence-corrected chi connectivity index (χ1v) is 7.83. The lowest BCUT2D eigenvalue weighted by molar-refractivity contribution is 0.0900. The van der Waals surface area contributed by atoms with Gasteiger partial charge in [-0.1, -0.05) is 30.3 Å². The van der Waals surface area contributed by atoms with E-state index in [0.717, 1.165) is 37.2 Å². The van der Waals surface area contributed by atoms with Crippen molar-refractivity contribution >= 4 is 17.2 Å². The summed E-state index contributed by atoms with van der Waals surface area (Å²) in [7, 11) is 0. The highest BCUT2D eigenvalue weighted by Crippen LogP contribution is 2.30. The van der Waals surface area contributed by atoms with Crippen molar-refractivity contribution in [3.63, 3.8) is 0 Å². The number of nitrogen functional groups attached to an aromatic ring is 1. The van der Waals surface area contributed by atoms with Crippen LogP contribution >= 0.6 is 0 Å². The topological polar surface area (TPSA) is 70.1 Å². The molecule has 2 aromatic rings. The number of nitrogens with zero attached hydrogens (tertiary/aromatic N) is 2. The third-order valence-corrected chi connectivity index (χ3v) is 4.42. The van der Waals surface area contributed by atoms with E-state index >= 15 is 0 Å². The lowest BCUT2D eigenvalue weighted by atomic mass is 9.88. The van der Waals surface area contributed by atoms with Gasteiger partial charge in [-0.3, -0.25) is 4.79 Å². The van der Waals surface area contributed by atoms with Gasteiger partial charge in [0.05, 0.1) is 23.0 Å². The molecule has 1 aliphatic heterocycles. The highest BCUT2D eigenvalue weighted by atomic mass is 16.1. The molecule has 2 N–H and O–H groups in total. The second-order valence-corrected chi connectivity index (χ2v) is 5.88. The van der Waals surface area contributed by atoms with Crippen LogP contribution in [0.15, 0.2) is 48.5 Å². The zero-order valence-corrected chi connectivity index (χ0v) is 12.9. The average Bonchev–Trinajstić information content (AvgIpc) is 2.62. The van der Waals surface area contributed by atoms with Crippen molar-refractivity contribution < 1.29 is 4.79 Å². The summed E-state index contributed by atoms with van der Waals surface area (Å²) in [5.74, 6) is 0.311. The SMILES string of the molecule is N#Cc1ccc(N2CCC(C(=O)c3ccccc3)CC2)c(N)c1. The molecule has 1 aliphatic rings. The Morgan fingerprint density at radius 2 is 1.83 bits per heavy atom. The van der Waals surface area contributed by atoms with Crippen molar-refractivity contribution in [2.75, 3.05) is 23.7 Å². The van der Waals surface area contributed by atoms with Crippen molar-refractivity contribution in [3.05, 3.63) is 59.7 Å². The van der Waals surface area contributed by atoms with Gasteiger partial charge in [0.1, 0.15) is 0 Å². The van der Waals surface area contributed by atoms with Gasteiger partial charge < -0.3 is 10.6 Å². The summed E-state index contributed by atoms with van der Waals surface area (Å²) in [6.07, 6.45) is 1.65. The lowest BCUT2D eigenvalue weighted by Gasteiger charge is -2.33. The van der Waals surface area contributed by atoms with Gasteiger partial charge in [-0.25, -0.2) is 0 Å². The minimum atomic E-state index is 0.0771. The molecule has 1 saturated heterocycles. The maximum atomic E-state index is 12.5. The van der Waals surface area contributed by atoms with Crippen molar-refractivity contribution in [1.82, 2.24) is 0 Å². The van der Waals surface area contributed by atoms with Crippen molar-refractivity contribution in [1.29, 1.82) is 5.26 Å². The number of nitriles is 1. The summed E-state index contributed by atoms with van der Waals surface area (Å²) in [6, 6.07) is 17.0. The quantitative estimate of drug-likeness (QED) is 0.698. The second kappa shape index (κ2) is 6.53. The fourth-order valence-corrected chi connectivity index (χ4v) is 3.13. The normalized spacial score (nSPS) is 15.2. The summed E-state index contributed by atoms with van der Waals surface area (Å²) in [6.45, 7) is 1.61. The van der Waals surface area contributed by atoms with E-state index in [1.165, 1.54) is 0 Å². The van der Waals surface area contributed by atoms with Gasteiger partial charge in [0.2, 0.25) is 0 Å². The maximum absolute atomic E-state index is 12.5. The average molecular weight is 305 g/mol. The Kier molecular flexibility index (Phi) is 4.29. The first kappa shape index (κ1) is 15.1. The molecule has 1 heterocycles. The van der Waals surface area contributed by atoms with Crippen LogP contribution in [-0.2, 0) is 0 Å². The minimum absolute atomic E-state index is 0.0771. The van der Waals surface area contributed by atoms with Crippen LogP contribution < -0.4 is 10.6 Å². The zero-order chi connectivity index (χ0) is 16.2. The highest BCUT2D eigenvalue weighted by molar-refractivity contribution is 5.98. The van der Waals surface area contributed by atoms with E-state index in [4.69, 9.17) is 11.0 Å². The molecule has 0 aromatic heterocycles. The summed E-state index contributed by atoms with van der Waals surface area (Å²) < 4.78 is 0. The standard InChI is InChI=1S/C19H19N3O/c20-13-14-6-7-18(17(21)12-14)22-10-8-16(9-11-22)19(23)15-4-2-1-3-5-15/h1-7,12,16H,8-11,21H2. The van der Waals surface area contributed by atoms with E-state index in [0.29, 0.717) is 11.3 Å². The van der Waals surface area contributed by atoms with Crippen molar-refractivity contribution in [2.45, 2.75) is 12.8 Å². The zero-order valence-electron chi connectivity index (χ0n) is 12.9. The van der Waals surface area contributed by atoms with E-state index in [1.54, 1.807) is 12.1 Å². The van der Waals surface area contributed by atoms with Crippen LogP contribution in [0.5, 0.6) is 0 Å². The number of rotatable bonds is 3. The summed E-state index contributed by atoms with van der Waals surface area (Å²) in [4.78, 5) is 14.7. The minimum Gasteiger partial charge on any atom is -0.397 e. The van der Waals surface area contributed by atoms with Gasteiger partial charge >= 0.3 is 0 Å². The van der Waals surface area contributed by atoms with Gasteiger partial charge in [-0.05, 0) is 31.0 Å². The third kappa shape index (κ3) is 3.19. The first-order chi connectivity index (χ1) is 11.2. The molecule has 0 saturated carbocycles. The van der Waals surface area contributed by atoms with Crippen molar-refractivity contribution in [3.8, 4) is 6.07 Å². The Labute approximate surface area is 136 Å². The molecule has 4 nitrogen and oxygen atoms in total.